The smallest absolute Gasteiger partial charge is 0.309 e. The van der Waals surface area contributed by atoms with Crippen molar-refractivity contribution in [1.29, 1.82) is 0 Å². The van der Waals surface area contributed by atoms with E-state index in [0.29, 0.717) is 18.5 Å². The van der Waals surface area contributed by atoms with Crippen LogP contribution in [0.5, 0.6) is 0 Å². The van der Waals surface area contributed by atoms with Crippen LogP contribution >= 0.6 is 0 Å². The summed E-state index contributed by atoms with van der Waals surface area (Å²) < 4.78 is 0. The number of amides is 1. The normalized spacial score (nSPS) is 11.6. The summed E-state index contributed by atoms with van der Waals surface area (Å²) in [5.41, 5.74) is 2.23. The number of carboxylic acid groups (broad SMARTS) is 1. The molecular formula is C14H18N2O4. The molecule has 20 heavy (non-hydrogen) atoms. The molecule has 6 nitrogen and oxygen atoms in total. The van der Waals surface area contributed by atoms with Crippen molar-refractivity contribution in [3.63, 3.8) is 0 Å². The maximum Gasteiger partial charge on any atom is 0.309 e. The second kappa shape index (κ2) is 6.81. The summed E-state index contributed by atoms with van der Waals surface area (Å²) in [6.45, 7) is 3.38. The van der Waals surface area contributed by atoms with Gasteiger partial charge in [0.15, 0.2) is 0 Å². The van der Waals surface area contributed by atoms with Gasteiger partial charge in [-0.2, -0.15) is 0 Å². The number of carboxylic acids is 1. The number of nitrogens with zero attached hydrogens (tertiary/aromatic N) is 1. The van der Waals surface area contributed by atoms with Gasteiger partial charge in [0, 0.05) is 12.3 Å². The number of carbonyl (C=O) groups excluding carboxylic acids is 1. The number of hydrogen-bond donors (Lipinski definition) is 3. The monoisotopic (exact) mass is 278 g/mol. The fraction of sp³-hybridized carbons (Fsp3) is 0.357. The van der Waals surface area contributed by atoms with Crippen LogP contribution in [0.2, 0.25) is 0 Å². The van der Waals surface area contributed by atoms with Gasteiger partial charge in [-0.1, -0.05) is 6.07 Å². The molecule has 1 aromatic rings. The number of nitrogens with one attached hydrogen (secondary N) is 1. The van der Waals surface area contributed by atoms with Gasteiger partial charge >= 0.3 is 5.97 Å². The maximum absolute atomic E-state index is 11.0. The van der Waals surface area contributed by atoms with E-state index in [-0.39, 0.29) is 0 Å². The summed E-state index contributed by atoms with van der Waals surface area (Å²) in [6, 6.07) is 3.56. The lowest BCUT2D eigenvalue weighted by molar-refractivity contribution is -0.147. The Morgan fingerprint density at radius 2 is 2.10 bits per heavy atom. The molecule has 0 unspecified atom stereocenters. The summed E-state index contributed by atoms with van der Waals surface area (Å²) in [4.78, 5) is 25.9. The van der Waals surface area contributed by atoms with Crippen LogP contribution in [0.3, 0.4) is 0 Å². The lowest BCUT2D eigenvalue weighted by Crippen LogP contribution is -2.24. The third kappa shape index (κ3) is 4.81. The van der Waals surface area contributed by atoms with Crippen molar-refractivity contribution in [2.45, 2.75) is 26.7 Å². The molecule has 1 rings (SSSR count). The molecule has 3 N–H and O–H groups in total. The highest BCUT2D eigenvalue weighted by Crippen LogP contribution is 2.22. The van der Waals surface area contributed by atoms with E-state index in [9.17, 15) is 9.59 Å². The van der Waals surface area contributed by atoms with Gasteiger partial charge in [0.2, 0.25) is 0 Å². The molecule has 0 aliphatic carbocycles. The molecular weight excluding hydrogens is 260 g/mol. The molecule has 1 heterocycles. The number of aromatic nitrogens is 1. The van der Waals surface area contributed by atoms with Crippen molar-refractivity contribution in [3.8, 4) is 0 Å². The van der Waals surface area contributed by atoms with Crippen LogP contribution in [0, 0.1) is 5.41 Å². The Kier molecular flexibility index (Phi) is 5.40. The van der Waals surface area contributed by atoms with E-state index in [4.69, 9.17) is 10.3 Å². The van der Waals surface area contributed by atoms with E-state index in [1.54, 1.807) is 26.1 Å². The molecule has 1 amide bonds. The summed E-state index contributed by atoms with van der Waals surface area (Å²) in [5.74, 6) is -1.45. The number of hydrogen-bond acceptors (Lipinski definition) is 4. The molecule has 0 aromatic carbocycles. The average Bonchev–Trinajstić information content (AvgIpc) is 2.43. The molecule has 0 aliphatic heterocycles. The molecule has 0 saturated heterocycles. The molecule has 0 bridgehead atoms. The van der Waals surface area contributed by atoms with Crippen molar-refractivity contribution in [2.24, 2.45) is 5.41 Å². The van der Waals surface area contributed by atoms with Crippen molar-refractivity contribution < 1.29 is 19.9 Å². The van der Waals surface area contributed by atoms with Gasteiger partial charge in [0.1, 0.15) is 0 Å². The number of aryl methyl sites for hydroxylation is 1. The molecule has 6 heteroatoms. The zero-order valence-electron chi connectivity index (χ0n) is 11.5. The first-order valence-corrected chi connectivity index (χ1v) is 6.15. The standard InChI is InChI=1S/C14H18N2O4/c1-14(2,13(18)19)8-7-10-3-4-11(15-9-10)5-6-12(17)16-20/h3-6,9,20H,7-8H2,1-2H3,(H,16,17)(H,18,19)/b6-5+. The molecule has 0 spiro atoms. The van der Waals surface area contributed by atoms with Gasteiger partial charge in [-0.25, -0.2) is 5.48 Å². The zero-order valence-corrected chi connectivity index (χ0v) is 11.5. The quantitative estimate of drug-likeness (QED) is 0.417. The predicted octanol–water partition coefficient (Wildman–Crippen LogP) is 1.64. The highest BCUT2D eigenvalue weighted by molar-refractivity contribution is 5.90. The number of aliphatic carboxylic acids is 1. The SMILES string of the molecule is CC(C)(CCc1ccc(/C=C/C(=O)NO)nc1)C(=O)O. The zero-order chi connectivity index (χ0) is 15.2. The number of rotatable bonds is 6. The minimum Gasteiger partial charge on any atom is -0.481 e. The predicted molar refractivity (Wildman–Crippen MR) is 72.9 cm³/mol. The average molecular weight is 278 g/mol. The fourth-order valence-corrected chi connectivity index (χ4v) is 1.44. The topological polar surface area (TPSA) is 99.5 Å². The lowest BCUT2D eigenvalue weighted by atomic mass is 9.87. The summed E-state index contributed by atoms with van der Waals surface area (Å²) in [7, 11) is 0. The third-order valence-electron chi connectivity index (χ3n) is 2.98. The third-order valence-corrected chi connectivity index (χ3v) is 2.98. The Morgan fingerprint density at radius 1 is 1.40 bits per heavy atom. The number of carbonyl (C=O) groups is 2. The van der Waals surface area contributed by atoms with Gasteiger partial charge in [-0.05, 0) is 44.4 Å². The van der Waals surface area contributed by atoms with Crippen molar-refractivity contribution >= 4 is 18.0 Å². The second-order valence-corrected chi connectivity index (χ2v) is 5.09. The van der Waals surface area contributed by atoms with Crippen molar-refractivity contribution in [1.82, 2.24) is 10.5 Å². The Bertz CT molecular complexity index is 506. The van der Waals surface area contributed by atoms with Gasteiger partial charge in [0.25, 0.3) is 5.91 Å². The molecule has 1 aromatic heterocycles. The first-order chi connectivity index (χ1) is 9.35. The minimum atomic E-state index is -0.819. The first-order valence-electron chi connectivity index (χ1n) is 6.15. The van der Waals surface area contributed by atoms with Gasteiger partial charge in [-0.3, -0.25) is 19.8 Å². The van der Waals surface area contributed by atoms with Crippen LogP contribution in [0.1, 0.15) is 31.5 Å². The minimum absolute atomic E-state index is 0.520. The van der Waals surface area contributed by atoms with E-state index in [0.717, 1.165) is 11.6 Å². The van der Waals surface area contributed by atoms with Gasteiger partial charge < -0.3 is 5.11 Å². The van der Waals surface area contributed by atoms with Crippen LogP contribution < -0.4 is 5.48 Å². The fourth-order valence-electron chi connectivity index (χ4n) is 1.44. The Morgan fingerprint density at radius 3 is 2.60 bits per heavy atom. The summed E-state index contributed by atoms with van der Waals surface area (Å²) in [5, 5.41) is 17.4. The summed E-state index contributed by atoms with van der Waals surface area (Å²) >= 11 is 0. The van der Waals surface area contributed by atoms with Crippen LogP contribution in [-0.4, -0.2) is 27.2 Å². The van der Waals surface area contributed by atoms with E-state index in [2.05, 4.69) is 4.98 Å². The maximum atomic E-state index is 11.0. The number of pyridine rings is 1. The van der Waals surface area contributed by atoms with Crippen LogP contribution in [0.25, 0.3) is 6.08 Å². The molecule has 0 atom stereocenters. The second-order valence-electron chi connectivity index (χ2n) is 5.09. The number of hydroxylamine groups is 1. The Balaban J connectivity index is 2.61. The van der Waals surface area contributed by atoms with E-state index in [1.807, 2.05) is 6.07 Å². The first kappa shape index (κ1) is 15.8. The lowest BCUT2D eigenvalue weighted by Gasteiger charge is -2.18. The largest absolute Gasteiger partial charge is 0.481 e. The van der Waals surface area contributed by atoms with E-state index in [1.165, 1.54) is 11.6 Å². The molecule has 0 fully saturated rings. The van der Waals surface area contributed by atoms with Gasteiger partial charge in [-0.15, -0.1) is 0 Å². The molecule has 0 radical (unpaired) electrons. The van der Waals surface area contributed by atoms with Crippen molar-refractivity contribution in [2.75, 3.05) is 0 Å². The molecule has 0 aliphatic rings. The van der Waals surface area contributed by atoms with E-state index < -0.39 is 17.3 Å². The Hall–Kier alpha value is -2.21. The Labute approximate surface area is 117 Å². The highest BCUT2D eigenvalue weighted by Gasteiger charge is 2.26. The van der Waals surface area contributed by atoms with Crippen molar-refractivity contribution in [3.05, 3.63) is 35.7 Å². The van der Waals surface area contributed by atoms with Crippen LogP contribution in [-0.2, 0) is 16.0 Å². The van der Waals surface area contributed by atoms with E-state index >= 15 is 0 Å². The van der Waals surface area contributed by atoms with Gasteiger partial charge in [0.05, 0.1) is 11.1 Å². The van der Waals surface area contributed by atoms with Crippen LogP contribution in [0.15, 0.2) is 24.4 Å². The molecule has 0 saturated carbocycles. The summed E-state index contributed by atoms with van der Waals surface area (Å²) in [6.07, 6.45) is 5.42. The molecule has 108 valence electrons. The highest BCUT2D eigenvalue weighted by atomic mass is 16.5. The van der Waals surface area contributed by atoms with Crippen LogP contribution in [0.4, 0.5) is 0 Å².